The SMILES string of the molecule is CC.CCC.Cc1cccc(CCP(=O)(c2ccccc2)c2ccccc2)c1. The molecule has 0 saturated heterocycles. The zero-order valence-electron chi connectivity index (χ0n) is 18.1. The minimum atomic E-state index is -2.60. The highest BCUT2D eigenvalue weighted by molar-refractivity contribution is 7.78. The first-order chi connectivity index (χ1) is 13.6. The standard InChI is InChI=1S/C21H21OP.C3H8.C2H6/c1-18-9-8-10-19(17-18)15-16-23(22,20-11-4-2-5-12-20)21-13-6-3-7-14-21;1-3-2;1-2/h2-14,17H,15-16H2,1H3;3H2,1-2H3;1-2H3. The Labute approximate surface area is 172 Å². The molecule has 0 N–H and O–H groups in total. The highest BCUT2D eigenvalue weighted by atomic mass is 31.2. The molecular weight excluding hydrogens is 359 g/mol. The van der Waals surface area contributed by atoms with Crippen LogP contribution < -0.4 is 10.6 Å². The third-order valence-electron chi connectivity index (χ3n) is 4.14. The summed E-state index contributed by atoms with van der Waals surface area (Å²) in [4.78, 5) is 0. The van der Waals surface area contributed by atoms with E-state index in [0.29, 0.717) is 6.16 Å². The first-order valence-corrected chi connectivity index (χ1v) is 12.2. The number of aryl methyl sites for hydroxylation is 2. The lowest BCUT2D eigenvalue weighted by Crippen LogP contribution is -2.19. The lowest BCUT2D eigenvalue weighted by atomic mass is 10.1. The minimum Gasteiger partial charge on any atom is -0.314 e. The number of hydrogen-bond donors (Lipinski definition) is 0. The molecule has 150 valence electrons. The molecule has 0 aromatic heterocycles. The Hall–Kier alpha value is -2.11. The molecule has 0 aliphatic rings. The van der Waals surface area contributed by atoms with E-state index in [2.05, 4.69) is 45.0 Å². The molecule has 0 aliphatic carbocycles. The van der Waals surface area contributed by atoms with E-state index in [4.69, 9.17) is 0 Å². The van der Waals surface area contributed by atoms with Gasteiger partial charge >= 0.3 is 0 Å². The second kappa shape index (κ2) is 13.1. The van der Waals surface area contributed by atoms with Gasteiger partial charge in [-0.1, -0.05) is 125 Å². The van der Waals surface area contributed by atoms with Crippen LogP contribution in [0.15, 0.2) is 84.9 Å². The molecule has 0 spiro atoms. The van der Waals surface area contributed by atoms with Gasteiger partial charge in [0, 0.05) is 16.8 Å². The van der Waals surface area contributed by atoms with Crippen molar-refractivity contribution in [1.29, 1.82) is 0 Å². The summed E-state index contributed by atoms with van der Waals surface area (Å²) in [5, 5.41) is 1.89. The van der Waals surface area contributed by atoms with Crippen molar-refractivity contribution in [3.05, 3.63) is 96.1 Å². The van der Waals surface area contributed by atoms with Gasteiger partial charge in [-0.25, -0.2) is 0 Å². The van der Waals surface area contributed by atoms with Crippen LogP contribution in [-0.4, -0.2) is 6.16 Å². The van der Waals surface area contributed by atoms with Crippen LogP contribution in [0.2, 0.25) is 0 Å². The summed E-state index contributed by atoms with van der Waals surface area (Å²) in [7, 11) is -2.60. The Morgan fingerprint density at radius 2 is 1.18 bits per heavy atom. The largest absolute Gasteiger partial charge is 0.314 e. The van der Waals surface area contributed by atoms with E-state index in [0.717, 1.165) is 17.0 Å². The van der Waals surface area contributed by atoms with E-state index in [1.54, 1.807) is 0 Å². The Kier molecular flexibility index (Phi) is 11.2. The maximum atomic E-state index is 13.9. The van der Waals surface area contributed by atoms with Crippen molar-refractivity contribution < 1.29 is 4.57 Å². The van der Waals surface area contributed by atoms with Crippen molar-refractivity contribution >= 4 is 17.8 Å². The van der Waals surface area contributed by atoms with Gasteiger partial charge in [-0.15, -0.1) is 0 Å². The maximum Gasteiger partial charge on any atom is 0.143 e. The van der Waals surface area contributed by atoms with Crippen LogP contribution >= 0.6 is 7.14 Å². The quantitative estimate of drug-likeness (QED) is 0.426. The van der Waals surface area contributed by atoms with Crippen LogP contribution in [0.25, 0.3) is 0 Å². The van der Waals surface area contributed by atoms with Crippen molar-refractivity contribution in [2.45, 2.75) is 47.5 Å². The van der Waals surface area contributed by atoms with Crippen LogP contribution in [0.5, 0.6) is 0 Å². The fraction of sp³-hybridized carbons (Fsp3) is 0.308. The highest BCUT2D eigenvalue weighted by Crippen LogP contribution is 2.43. The second-order valence-electron chi connectivity index (χ2n) is 6.58. The Morgan fingerprint density at radius 3 is 1.61 bits per heavy atom. The van der Waals surface area contributed by atoms with Crippen LogP contribution in [0.4, 0.5) is 0 Å². The van der Waals surface area contributed by atoms with Gasteiger partial charge in [0.15, 0.2) is 0 Å². The normalized spacial score (nSPS) is 10.2. The molecule has 0 bridgehead atoms. The molecule has 2 heteroatoms. The fourth-order valence-electron chi connectivity index (χ4n) is 2.90. The van der Waals surface area contributed by atoms with Crippen LogP contribution in [-0.2, 0) is 11.0 Å². The van der Waals surface area contributed by atoms with Crippen molar-refractivity contribution in [3.63, 3.8) is 0 Å². The summed E-state index contributed by atoms with van der Waals surface area (Å²) in [6, 6.07) is 28.2. The van der Waals surface area contributed by atoms with Crippen LogP contribution in [0.1, 0.15) is 45.2 Å². The Bertz CT molecular complexity index is 782. The maximum absolute atomic E-state index is 13.9. The molecular formula is C26H35OP. The summed E-state index contributed by atoms with van der Waals surface area (Å²) in [6.07, 6.45) is 2.73. The zero-order chi connectivity index (χ0) is 20.8. The molecule has 0 unspecified atom stereocenters. The number of rotatable bonds is 5. The first-order valence-electron chi connectivity index (χ1n) is 10.4. The van der Waals surface area contributed by atoms with Crippen molar-refractivity contribution in [2.75, 3.05) is 6.16 Å². The van der Waals surface area contributed by atoms with Gasteiger partial charge in [-0.3, -0.25) is 0 Å². The van der Waals surface area contributed by atoms with E-state index in [1.807, 2.05) is 74.5 Å². The minimum absolute atomic E-state index is 0.657. The molecule has 0 fully saturated rings. The molecule has 28 heavy (non-hydrogen) atoms. The first kappa shape index (κ1) is 23.9. The van der Waals surface area contributed by atoms with Crippen LogP contribution in [0, 0.1) is 6.92 Å². The van der Waals surface area contributed by atoms with Crippen molar-refractivity contribution in [3.8, 4) is 0 Å². The molecule has 0 atom stereocenters. The smallest absolute Gasteiger partial charge is 0.143 e. The summed E-state index contributed by atoms with van der Waals surface area (Å²) in [6.45, 7) is 10.3. The van der Waals surface area contributed by atoms with Gasteiger partial charge in [0.1, 0.15) is 7.14 Å². The topological polar surface area (TPSA) is 17.1 Å². The molecule has 0 heterocycles. The molecule has 0 saturated carbocycles. The predicted octanol–water partition coefficient (Wildman–Crippen LogP) is 6.99. The zero-order valence-corrected chi connectivity index (χ0v) is 19.0. The predicted molar refractivity (Wildman–Crippen MR) is 127 cm³/mol. The summed E-state index contributed by atoms with van der Waals surface area (Å²) >= 11 is 0. The third-order valence-corrected chi connectivity index (χ3v) is 7.26. The van der Waals surface area contributed by atoms with Gasteiger partial charge in [-0.05, 0) is 18.9 Å². The van der Waals surface area contributed by atoms with Crippen LogP contribution in [0.3, 0.4) is 0 Å². The van der Waals surface area contributed by atoms with E-state index >= 15 is 0 Å². The monoisotopic (exact) mass is 394 g/mol. The van der Waals surface area contributed by atoms with Gasteiger partial charge in [-0.2, -0.15) is 0 Å². The van der Waals surface area contributed by atoms with Crippen molar-refractivity contribution in [2.24, 2.45) is 0 Å². The van der Waals surface area contributed by atoms with E-state index < -0.39 is 7.14 Å². The molecule has 0 amide bonds. The highest BCUT2D eigenvalue weighted by Gasteiger charge is 2.26. The summed E-state index contributed by atoms with van der Waals surface area (Å²) in [5.74, 6) is 0. The van der Waals surface area contributed by atoms with Gasteiger partial charge < -0.3 is 4.57 Å². The lowest BCUT2D eigenvalue weighted by molar-refractivity contribution is 0.586. The summed E-state index contributed by atoms with van der Waals surface area (Å²) in [5.41, 5.74) is 2.49. The summed E-state index contributed by atoms with van der Waals surface area (Å²) < 4.78 is 13.9. The van der Waals surface area contributed by atoms with Crippen molar-refractivity contribution in [1.82, 2.24) is 0 Å². The Balaban J connectivity index is 0.000000717. The number of hydrogen-bond acceptors (Lipinski definition) is 1. The van der Waals surface area contributed by atoms with E-state index in [1.165, 1.54) is 17.5 Å². The molecule has 3 rings (SSSR count). The van der Waals surface area contributed by atoms with E-state index in [-0.39, 0.29) is 0 Å². The fourth-order valence-corrected chi connectivity index (χ4v) is 5.59. The molecule has 3 aromatic carbocycles. The second-order valence-corrected chi connectivity index (χ2v) is 9.54. The molecule has 3 aromatic rings. The van der Waals surface area contributed by atoms with Gasteiger partial charge in [0.2, 0.25) is 0 Å². The molecule has 0 radical (unpaired) electrons. The third kappa shape index (κ3) is 7.13. The Morgan fingerprint density at radius 1 is 0.714 bits per heavy atom. The van der Waals surface area contributed by atoms with E-state index in [9.17, 15) is 4.57 Å². The van der Waals surface area contributed by atoms with Gasteiger partial charge in [0.25, 0.3) is 0 Å². The molecule has 1 nitrogen and oxygen atoms in total. The lowest BCUT2D eigenvalue weighted by Gasteiger charge is -2.19. The molecule has 0 aliphatic heterocycles. The average Bonchev–Trinajstić information content (AvgIpc) is 2.75. The number of benzene rings is 3. The average molecular weight is 395 g/mol. The van der Waals surface area contributed by atoms with Gasteiger partial charge in [0.05, 0.1) is 0 Å².